The van der Waals surface area contributed by atoms with Gasteiger partial charge >= 0.3 is 0 Å². The van der Waals surface area contributed by atoms with Crippen molar-refractivity contribution in [3.8, 4) is 0 Å². The third kappa shape index (κ3) is 3.01. The molecule has 110 valence electrons. The number of H-pyrrole nitrogens is 1. The van der Waals surface area contributed by atoms with Gasteiger partial charge in [-0.25, -0.2) is 0 Å². The molecule has 0 saturated carbocycles. The van der Waals surface area contributed by atoms with E-state index in [9.17, 15) is 0 Å². The molecule has 0 spiro atoms. The van der Waals surface area contributed by atoms with Crippen LogP contribution in [0.25, 0.3) is 22.0 Å². The largest absolute Gasteiger partial charge is 0.278 e. The minimum Gasteiger partial charge on any atom is -0.278 e. The Bertz CT molecular complexity index is 822. The third-order valence-corrected chi connectivity index (χ3v) is 4.04. The molecule has 3 aromatic rings. The number of aromatic nitrogens is 2. The molecule has 0 fully saturated rings. The van der Waals surface area contributed by atoms with Gasteiger partial charge in [-0.3, -0.25) is 5.10 Å². The predicted molar refractivity (Wildman–Crippen MR) is 94.6 cm³/mol. The van der Waals surface area contributed by atoms with Crippen molar-refractivity contribution in [1.29, 1.82) is 0 Å². The van der Waals surface area contributed by atoms with Crippen molar-refractivity contribution in [3.05, 3.63) is 78.5 Å². The average Bonchev–Trinajstić information content (AvgIpc) is 3.00. The van der Waals surface area contributed by atoms with Crippen LogP contribution in [0.3, 0.4) is 0 Å². The van der Waals surface area contributed by atoms with E-state index in [1.807, 2.05) is 6.20 Å². The van der Waals surface area contributed by atoms with Crippen LogP contribution >= 0.6 is 0 Å². The van der Waals surface area contributed by atoms with Gasteiger partial charge in [-0.2, -0.15) is 5.10 Å². The second-order valence-electron chi connectivity index (χ2n) is 5.75. The van der Waals surface area contributed by atoms with E-state index >= 15 is 0 Å². The number of hydrogen-bond donors (Lipinski definition) is 1. The van der Waals surface area contributed by atoms with Crippen LogP contribution in [0.5, 0.6) is 0 Å². The molecule has 0 aliphatic rings. The first-order valence-electron chi connectivity index (χ1n) is 7.49. The quantitative estimate of drug-likeness (QED) is 0.671. The number of allylic oxidation sites excluding steroid dienone is 2. The standard InChI is InChI=1S/C20H20N2/c1-14-4-8-17(9-5-14)15(2)6-7-16(3)18-10-11-20-19(12-18)13-21-22-20/h4-5,8-13H,2-3,6-7H2,1H3,(H,21,22). The van der Waals surface area contributed by atoms with Crippen molar-refractivity contribution in [2.75, 3.05) is 0 Å². The molecular formula is C20H20N2. The Morgan fingerprint density at radius 3 is 2.32 bits per heavy atom. The summed E-state index contributed by atoms with van der Waals surface area (Å²) >= 11 is 0. The molecule has 0 aliphatic carbocycles. The minimum atomic E-state index is 0.913. The van der Waals surface area contributed by atoms with Crippen LogP contribution < -0.4 is 0 Å². The lowest BCUT2D eigenvalue weighted by molar-refractivity contribution is 1.09. The average molecular weight is 288 g/mol. The van der Waals surface area contributed by atoms with Crippen LogP contribution in [0, 0.1) is 6.92 Å². The summed E-state index contributed by atoms with van der Waals surface area (Å²) in [4.78, 5) is 0. The van der Waals surface area contributed by atoms with E-state index in [0.29, 0.717) is 0 Å². The Balaban J connectivity index is 1.66. The summed E-state index contributed by atoms with van der Waals surface area (Å²) in [6, 6.07) is 14.8. The Kier molecular flexibility index (Phi) is 3.92. The van der Waals surface area contributed by atoms with E-state index < -0.39 is 0 Å². The molecule has 0 amide bonds. The van der Waals surface area contributed by atoms with Crippen molar-refractivity contribution >= 4 is 22.0 Å². The van der Waals surface area contributed by atoms with Crippen molar-refractivity contribution in [2.24, 2.45) is 0 Å². The zero-order chi connectivity index (χ0) is 15.5. The number of rotatable bonds is 5. The van der Waals surface area contributed by atoms with Gasteiger partial charge in [0.2, 0.25) is 0 Å². The van der Waals surface area contributed by atoms with Gasteiger partial charge in [0, 0.05) is 5.39 Å². The summed E-state index contributed by atoms with van der Waals surface area (Å²) in [6.45, 7) is 10.5. The highest BCUT2D eigenvalue weighted by Crippen LogP contribution is 2.26. The number of nitrogens with one attached hydrogen (secondary N) is 1. The molecule has 1 aromatic heterocycles. The Hall–Kier alpha value is -2.61. The molecule has 1 N–H and O–H groups in total. The Labute approximate surface area is 131 Å². The summed E-state index contributed by atoms with van der Waals surface area (Å²) in [7, 11) is 0. The number of hydrogen-bond acceptors (Lipinski definition) is 1. The Morgan fingerprint density at radius 1 is 0.955 bits per heavy atom. The summed E-state index contributed by atoms with van der Waals surface area (Å²) in [6.07, 6.45) is 3.68. The molecule has 3 rings (SSSR count). The summed E-state index contributed by atoms with van der Waals surface area (Å²) in [5.74, 6) is 0. The molecule has 0 bridgehead atoms. The van der Waals surface area contributed by atoms with Gasteiger partial charge in [-0.1, -0.05) is 49.1 Å². The highest BCUT2D eigenvalue weighted by atomic mass is 15.1. The lowest BCUT2D eigenvalue weighted by Gasteiger charge is -2.09. The topological polar surface area (TPSA) is 28.7 Å². The van der Waals surface area contributed by atoms with Crippen molar-refractivity contribution in [1.82, 2.24) is 10.2 Å². The van der Waals surface area contributed by atoms with E-state index in [-0.39, 0.29) is 0 Å². The molecule has 22 heavy (non-hydrogen) atoms. The first-order valence-corrected chi connectivity index (χ1v) is 7.49. The van der Waals surface area contributed by atoms with Crippen molar-refractivity contribution in [3.63, 3.8) is 0 Å². The third-order valence-electron chi connectivity index (χ3n) is 4.04. The normalized spacial score (nSPS) is 10.8. The number of fused-ring (bicyclic) bond motifs is 1. The highest BCUT2D eigenvalue weighted by molar-refractivity contribution is 5.82. The van der Waals surface area contributed by atoms with Crippen molar-refractivity contribution < 1.29 is 0 Å². The van der Waals surface area contributed by atoms with Gasteiger partial charge in [0.05, 0.1) is 11.7 Å². The van der Waals surface area contributed by atoms with Gasteiger partial charge < -0.3 is 0 Å². The molecule has 1 heterocycles. The predicted octanol–water partition coefficient (Wildman–Crippen LogP) is 5.38. The van der Waals surface area contributed by atoms with Crippen LogP contribution in [0.4, 0.5) is 0 Å². The van der Waals surface area contributed by atoms with E-state index in [2.05, 4.69) is 72.7 Å². The summed E-state index contributed by atoms with van der Waals surface area (Å²) in [5.41, 5.74) is 7.01. The Morgan fingerprint density at radius 2 is 1.59 bits per heavy atom. The molecule has 0 aliphatic heterocycles. The zero-order valence-electron chi connectivity index (χ0n) is 12.9. The lowest BCUT2D eigenvalue weighted by atomic mass is 9.96. The van der Waals surface area contributed by atoms with Gasteiger partial charge in [0.15, 0.2) is 0 Å². The maximum Gasteiger partial charge on any atom is 0.0650 e. The van der Waals surface area contributed by atoms with E-state index in [1.165, 1.54) is 16.7 Å². The van der Waals surface area contributed by atoms with Crippen LogP contribution in [0.2, 0.25) is 0 Å². The second kappa shape index (κ2) is 6.02. The number of nitrogens with zero attached hydrogens (tertiary/aromatic N) is 1. The summed E-state index contributed by atoms with van der Waals surface area (Å²) < 4.78 is 0. The second-order valence-corrected chi connectivity index (χ2v) is 5.75. The number of benzene rings is 2. The fraction of sp³-hybridized carbons (Fsp3) is 0.150. The van der Waals surface area contributed by atoms with Gasteiger partial charge in [0.1, 0.15) is 0 Å². The van der Waals surface area contributed by atoms with Gasteiger partial charge in [-0.15, -0.1) is 0 Å². The van der Waals surface area contributed by atoms with E-state index in [0.717, 1.165) is 34.9 Å². The lowest BCUT2D eigenvalue weighted by Crippen LogP contribution is -1.87. The number of aromatic amines is 1. The highest BCUT2D eigenvalue weighted by Gasteiger charge is 2.04. The van der Waals surface area contributed by atoms with E-state index in [1.54, 1.807) is 0 Å². The molecule has 0 radical (unpaired) electrons. The minimum absolute atomic E-state index is 0.913. The van der Waals surface area contributed by atoms with Crippen LogP contribution in [0.1, 0.15) is 29.5 Å². The van der Waals surface area contributed by atoms with Gasteiger partial charge in [-0.05, 0) is 54.2 Å². The van der Waals surface area contributed by atoms with Crippen LogP contribution in [-0.4, -0.2) is 10.2 Å². The number of aryl methyl sites for hydroxylation is 1. The van der Waals surface area contributed by atoms with Crippen molar-refractivity contribution in [2.45, 2.75) is 19.8 Å². The smallest absolute Gasteiger partial charge is 0.0650 e. The molecule has 2 nitrogen and oxygen atoms in total. The van der Waals surface area contributed by atoms with Crippen LogP contribution in [-0.2, 0) is 0 Å². The molecule has 0 saturated heterocycles. The van der Waals surface area contributed by atoms with E-state index in [4.69, 9.17) is 0 Å². The van der Waals surface area contributed by atoms with Crippen LogP contribution in [0.15, 0.2) is 61.8 Å². The zero-order valence-corrected chi connectivity index (χ0v) is 12.9. The first kappa shape index (κ1) is 14.3. The van der Waals surface area contributed by atoms with Gasteiger partial charge in [0.25, 0.3) is 0 Å². The monoisotopic (exact) mass is 288 g/mol. The maximum absolute atomic E-state index is 4.22. The molecule has 2 heteroatoms. The molecule has 0 unspecified atom stereocenters. The molecular weight excluding hydrogens is 268 g/mol. The fourth-order valence-electron chi connectivity index (χ4n) is 2.54. The fourth-order valence-corrected chi connectivity index (χ4v) is 2.54. The first-order chi connectivity index (χ1) is 10.6. The summed E-state index contributed by atoms with van der Waals surface area (Å²) in [5, 5.41) is 8.14. The maximum atomic E-state index is 4.22. The molecule has 0 atom stereocenters. The SMILES string of the molecule is C=C(CCC(=C)c1ccc2[nH]ncc2c1)c1ccc(C)cc1. The molecule has 2 aromatic carbocycles.